The van der Waals surface area contributed by atoms with Gasteiger partial charge in [0.05, 0.1) is 10.5 Å². The molecule has 1 heterocycles. The van der Waals surface area contributed by atoms with Crippen LogP contribution >= 0.6 is 0 Å². The smallest absolute Gasteiger partial charge is 0.270 e. The number of nitro benzene ring substituents is 1. The minimum Gasteiger partial charge on any atom is -0.508 e. The lowest BCUT2D eigenvalue weighted by molar-refractivity contribution is -0.384. The average Bonchev–Trinajstić information content (AvgIpc) is 2.97. The van der Waals surface area contributed by atoms with Crippen molar-refractivity contribution < 1.29 is 15.1 Å². The molecule has 0 radical (unpaired) electrons. The molecule has 0 amide bonds. The molecular formula is C14H10N4O4. The third-order valence-corrected chi connectivity index (χ3v) is 3.04. The lowest BCUT2D eigenvalue weighted by Gasteiger charge is -2.00. The quantitative estimate of drug-likeness (QED) is 0.503. The van der Waals surface area contributed by atoms with Crippen LogP contribution in [-0.4, -0.2) is 30.3 Å². The second kappa shape index (κ2) is 5.17. The van der Waals surface area contributed by atoms with Gasteiger partial charge in [-0.15, -0.1) is 0 Å². The van der Waals surface area contributed by atoms with Crippen molar-refractivity contribution in [2.45, 2.75) is 0 Å². The summed E-state index contributed by atoms with van der Waals surface area (Å²) >= 11 is 0. The van der Waals surface area contributed by atoms with E-state index in [-0.39, 0.29) is 28.6 Å². The molecule has 22 heavy (non-hydrogen) atoms. The molecule has 2 aromatic carbocycles. The number of nitrogens with one attached hydrogen (secondary N) is 1. The molecule has 0 unspecified atom stereocenters. The third-order valence-electron chi connectivity index (χ3n) is 3.04. The van der Waals surface area contributed by atoms with Crippen molar-refractivity contribution >= 4 is 5.69 Å². The molecule has 110 valence electrons. The van der Waals surface area contributed by atoms with Crippen LogP contribution in [0.1, 0.15) is 0 Å². The summed E-state index contributed by atoms with van der Waals surface area (Å²) in [5, 5.41) is 36.7. The first kappa shape index (κ1) is 13.6. The minimum atomic E-state index is -0.560. The van der Waals surface area contributed by atoms with Crippen LogP contribution in [0.25, 0.3) is 22.8 Å². The molecule has 0 spiro atoms. The van der Waals surface area contributed by atoms with Crippen molar-refractivity contribution in [3.8, 4) is 34.3 Å². The fraction of sp³-hybridized carbons (Fsp3) is 0. The van der Waals surface area contributed by atoms with Crippen LogP contribution in [0, 0.1) is 10.1 Å². The van der Waals surface area contributed by atoms with Gasteiger partial charge < -0.3 is 10.2 Å². The summed E-state index contributed by atoms with van der Waals surface area (Å²) in [5.74, 6) is 0.419. The highest BCUT2D eigenvalue weighted by atomic mass is 16.6. The first-order valence-electron chi connectivity index (χ1n) is 6.24. The predicted molar refractivity (Wildman–Crippen MR) is 77.2 cm³/mol. The first-order chi connectivity index (χ1) is 10.5. The first-order valence-corrected chi connectivity index (χ1v) is 6.24. The molecule has 3 N–H and O–H groups in total. The Morgan fingerprint density at radius 2 is 1.95 bits per heavy atom. The molecular weight excluding hydrogens is 288 g/mol. The number of aromatic hydroxyl groups is 2. The van der Waals surface area contributed by atoms with Crippen LogP contribution in [-0.2, 0) is 0 Å². The van der Waals surface area contributed by atoms with Gasteiger partial charge in [0.1, 0.15) is 11.5 Å². The number of hydrogen-bond acceptors (Lipinski definition) is 6. The van der Waals surface area contributed by atoms with Gasteiger partial charge in [0.25, 0.3) is 5.69 Å². The summed E-state index contributed by atoms with van der Waals surface area (Å²) in [4.78, 5) is 14.4. The maximum absolute atomic E-state index is 10.8. The van der Waals surface area contributed by atoms with E-state index in [9.17, 15) is 20.3 Å². The maximum atomic E-state index is 10.8. The molecule has 0 aliphatic heterocycles. The molecule has 3 aromatic rings. The van der Waals surface area contributed by atoms with Crippen molar-refractivity contribution in [3.63, 3.8) is 0 Å². The van der Waals surface area contributed by atoms with Crippen molar-refractivity contribution in [2.24, 2.45) is 0 Å². The topological polar surface area (TPSA) is 125 Å². The molecule has 8 nitrogen and oxygen atoms in total. The van der Waals surface area contributed by atoms with Gasteiger partial charge in [-0.25, -0.2) is 4.98 Å². The Balaban J connectivity index is 2.04. The lowest BCUT2D eigenvalue weighted by atomic mass is 10.1. The Morgan fingerprint density at radius 1 is 1.14 bits per heavy atom. The van der Waals surface area contributed by atoms with E-state index in [0.29, 0.717) is 11.4 Å². The molecule has 0 saturated heterocycles. The Morgan fingerprint density at radius 3 is 2.68 bits per heavy atom. The summed E-state index contributed by atoms with van der Waals surface area (Å²) in [6.45, 7) is 0. The van der Waals surface area contributed by atoms with Crippen molar-refractivity contribution in [1.29, 1.82) is 0 Å². The Kier molecular flexibility index (Phi) is 3.18. The predicted octanol–water partition coefficient (Wildman–Crippen LogP) is 2.46. The van der Waals surface area contributed by atoms with Gasteiger partial charge >= 0.3 is 0 Å². The van der Waals surface area contributed by atoms with Gasteiger partial charge in [-0.05, 0) is 18.2 Å². The highest BCUT2D eigenvalue weighted by Crippen LogP contribution is 2.31. The number of nitro groups is 1. The van der Waals surface area contributed by atoms with E-state index in [1.807, 2.05) is 0 Å². The number of nitrogens with zero attached hydrogens (tertiary/aromatic N) is 3. The van der Waals surface area contributed by atoms with Gasteiger partial charge in [-0.2, -0.15) is 5.10 Å². The molecule has 0 saturated carbocycles. The zero-order valence-corrected chi connectivity index (χ0v) is 11.1. The summed E-state index contributed by atoms with van der Waals surface area (Å²) < 4.78 is 0. The van der Waals surface area contributed by atoms with Crippen LogP contribution in [0.5, 0.6) is 11.5 Å². The summed E-state index contributed by atoms with van der Waals surface area (Å²) in [5.41, 5.74) is 0.587. The standard InChI is InChI=1S/C14H10N4O4/c19-10-3-1-2-8(6-10)13-15-14(17-16-13)11-7-9(18(21)22)4-5-12(11)20/h1-7,19-20H,(H,15,16,17). The molecule has 0 fully saturated rings. The maximum Gasteiger partial charge on any atom is 0.270 e. The van der Waals surface area contributed by atoms with Crippen molar-refractivity contribution in [2.75, 3.05) is 0 Å². The number of hydrogen-bond donors (Lipinski definition) is 3. The molecule has 3 rings (SSSR count). The van der Waals surface area contributed by atoms with E-state index in [2.05, 4.69) is 15.2 Å². The molecule has 0 aliphatic carbocycles. The van der Waals surface area contributed by atoms with Gasteiger partial charge in [-0.3, -0.25) is 15.2 Å². The van der Waals surface area contributed by atoms with Gasteiger partial charge in [-0.1, -0.05) is 12.1 Å². The van der Waals surface area contributed by atoms with Gasteiger partial charge in [0.2, 0.25) is 0 Å². The van der Waals surface area contributed by atoms with E-state index in [1.165, 1.54) is 30.3 Å². The number of aromatic nitrogens is 3. The normalized spacial score (nSPS) is 10.5. The molecule has 1 aromatic heterocycles. The number of aromatic amines is 1. The highest BCUT2D eigenvalue weighted by molar-refractivity contribution is 5.69. The van der Waals surface area contributed by atoms with Crippen LogP contribution in [0.2, 0.25) is 0 Å². The summed E-state index contributed by atoms with van der Waals surface area (Å²) in [7, 11) is 0. The Bertz CT molecular complexity index is 860. The fourth-order valence-corrected chi connectivity index (χ4v) is 1.98. The van der Waals surface area contributed by atoms with E-state index in [1.54, 1.807) is 12.1 Å². The molecule has 0 atom stereocenters. The number of benzene rings is 2. The van der Waals surface area contributed by atoms with Crippen molar-refractivity contribution in [3.05, 3.63) is 52.6 Å². The van der Waals surface area contributed by atoms with Crippen LogP contribution in [0.3, 0.4) is 0 Å². The third kappa shape index (κ3) is 2.44. The fourth-order valence-electron chi connectivity index (χ4n) is 1.98. The Labute approximate surface area is 123 Å². The summed E-state index contributed by atoms with van der Waals surface area (Å²) in [6.07, 6.45) is 0. The lowest BCUT2D eigenvalue weighted by Crippen LogP contribution is -1.89. The monoisotopic (exact) mass is 298 g/mol. The zero-order valence-electron chi connectivity index (χ0n) is 11.1. The van der Waals surface area contributed by atoms with E-state index in [0.717, 1.165) is 0 Å². The molecule has 8 heteroatoms. The van der Waals surface area contributed by atoms with E-state index >= 15 is 0 Å². The van der Waals surface area contributed by atoms with E-state index in [4.69, 9.17) is 0 Å². The number of rotatable bonds is 3. The highest BCUT2D eigenvalue weighted by Gasteiger charge is 2.16. The number of phenolic OH excluding ortho intramolecular Hbond substituents is 2. The SMILES string of the molecule is O=[N+]([O-])c1ccc(O)c(-c2nc(-c3cccc(O)c3)n[nH]2)c1. The average molecular weight is 298 g/mol. The van der Waals surface area contributed by atoms with Crippen molar-refractivity contribution in [1.82, 2.24) is 15.2 Å². The number of non-ortho nitro benzene ring substituents is 1. The minimum absolute atomic E-state index is 0.0713. The largest absolute Gasteiger partial charge is 0.508 e. The number of H-pyrrole nitrogens is 1. The second-order valence-electron chi connectivity index (χ2n) is 4.52. The zero-order chi connectivity index (χ0) is 15.7. The van der Waals surface area contributed by atoms with E-state index < -0.39 is 4.92 Å². The molecule has 0 bridgehead atoms. The molecule has 0 aliphatic rings. The van der Waals surface area contributed by atoms with Gasteiger partial charge in [0.15, 0.2) is 11.6 Å². The van der Waals surface area contributed by atoms with Gasteiger partial charge in [0, 0.05) is 17.7 Å². The van der Waals surface area contributed by atoms with Crippen LogP contribution in [0.4, 0.5) is 5.69 Å². The Hall–Kier alpha value is -3.42. The van der Waals surface area contributed by atoms with Crippen LogP contribution in [0.15, 0.2) is 42.5 Å². The van der Waals surface area contributed by atoms with Crippen LogP contribution < -0.4 is 0 Å². The summed E-state index contributed by atoms with van der Waals surface area (Å²) in [6, 6.07) is 9.99. The second-order valence-corrected chi connectivity index (χ2v) is 4.52. The number of phenols is 2.